The Morgan fingerprint density at radius 2 is 2.00 bits per heavy atom. The van der Waals surface area contributed by atoms with Crippen LogP contribution in [0.5, 0.6) is 0 Å². The van der Waals surface area contributed by atoms with Crippen molar-refractivity contribution in [1.29, 1.82) is 0 Å². The average molecular weight is 397 g/mol. The van der Waals surface area contributed by atoms with Crippen LogP contribution in [0, 0.1) is 5.92 Å². The summed E-state index contributed by atoms with van der Waals surface area (Å²) in [7, 11) is 1.39. The minimum absolute atomic E-state index is 0.0876. The molecular formula is C20H23N5O4. The molecule has 1 aliphatic rings. The van der Waals surface area contributed by atoms with Gasteiger partial charge < -0.3 is 15.4 Å². The van der Waals surface area contributed by atoms with Gasteiger partial charge in [0.2, 0.25) is 5.91 Å². The van der Waals surface area contributed by atoms with Gasteiger partial charge in [0.15, 0.2) is 0 Å². The first-order valence-corrected chi connectivity index (χ1v) is 9.26. The topological polar surface area (TPSA) is 115 Å². The molecule has 1 aliphatic carbocycles. The molecule has 9 nitrogen and oxygen atoms in total. The summed E-state index contributed by atoms with van der Waals surface area (Å²) in [5, 5.41) is 13.7. The van der Waals surface area contributed by atoms with Crippen molar-refractivity contribution in [3.63, 3.8) is 0 Å². The fourth-order valence-electron chi connectivity index (χ4n) is 3.15. The lowest BCUT2D eigenvalue weighted by atomic mass is 9.80. The average Bonchev–Trinajstić information content (AvgIpc) is 3.17. The number of carbonyl (C=O) groups is 3. The van der Waals surface area contributed by atoms with E-state index < -0.39 is 0 Å². The lowest BCUT2D eigenvalue weighted by Gasteiger charge is -2.32. The monoisotopic (exact) mass is 397 g/mol. The molecule has 0 unspecified atom stereocenters. The van der Waals surface area contributed by atoms with Gasteiger partial charge in [0.25, 0.3) is 5.91 Å². The Morgan fingerprint density at radius 1 is 1.24 bits per heavy atom. The van der Waals surface area contributed by atoms with E-state index in [1.165, 1.54) is 13.2 Å². The summed E-state index contributed by atoms with van der Waals surface area (Å²) in [6.07, 6.45) is 4.30. The van der Waals surface area contributed by atoms with Crippen LogP contribution in [-0.2, 0) is 27.4 Å². The fourth-order valence-corrected chi connectivity index (χ4v) is 3.15. The van der Waals surface area contributed by atoms with E-state index in [2.05, 4.69) is 27.5 Å². The standard InChI is InChI=1S/C20H23N5O4/c1-3-18(26)21-10-13-6-4-5-7-17(13)19(27)22-11-15-12-25(24-23-15)16-8-14(9-16)20(28)29-2/h3-7,12,14,16H,1,8-11H2,2H3,(H,21,26)(H,22,27). The molecule has 0 radical (unpaired) electrons. The van der Waals surface area contributed by atoms with E-state index in [0.29, 0.717) is 29.7 Å². The third-order valence-corrected chi connectivity index (χ3v) is 4.91. The van der Waals surface area contributed by atoms with Crippen molar-refractivity contribution < 1.29 is 19.1 Å². The maximum absolute atomic E-state index is 12.6. The molecular weight excluding hydrogens is 374 g/mol. The number of amides is 2. The first-order chi connectivity index (χ1) is 14.0. The Bertz CT molecular complexity index is 917. The van der Waals surface area contributed by atoms with E-state index in [4.69, 9.17) is 4.74 Å². The van der Waals surface area contributed by atoms with Crippen molar-refractivity contribution >= 4 is 17.8 Å². The zero-order valence-corrected chi connectivity index (χ0v) is 16.1. The molecule has 152 valence electrons. The van der Waals surface area contributed by atoms with Gasteiger partial charge in [-0.25, -0.2) is 4.68 Å². The summed E-state index contributed by atoms with van der Waals surface area (Å²) in [4.78, 5) is 35.4. The second-order valence-electron chi connectivity index (χ2n) is 6.80. The molecule has 0 aliphatic heterocycles. The first-order valence-electron chi connectivity index (χ1n) is 9.26. The molecule has 1 aromatic carbocycles. The molecule has 29 heavy (non-hydrogen) atoms. The number of esters is 1. The smallest absolute Gasteiger partial charge is 0.308 e. The highest BCUT2D eigenvalue weighted by Gasteiger charge is 2.37. The van der Waals surface area contributed by atoms with Gasteiger partial charge in [-0.2, -0.15) is 0 Å². The van der Waals surface area contributed by atoms with Crippen molar-refractivity contribution in [3.05, 3.63) is 59.9 Å². The van der Waals surface area contributed by atoms with Crippen molar-refractivity contribution in [2.24, 2.45) is 5.92 Å². The van der Waals surface area contributed by atoms with E-state index in [0.717, 1.165) is 0 Å². The van der Waals surface area contributed by atoms with Crippen LogP contribution in [-0.4, -0.2) is 39.9 Å². The molecule has 2 amide bonds. The lowest BCUT2D eigenvalue weighted by molar-refractivity contribution is -0.149. The van der Waals surface area contributed by atoms with Crippen molar-refractivity contribution in [2.75, 3.05) is 7.11 Å². The quantitative estimate of drug-likeness (QED) is 0.510. The highest BCUT2D eigenvalue weighted by atomic mass is 16.5. The molecule has 1 heterocycles. The minimum atomic E-state index is -0.303. The summed E-state index contributed by atoms with van der Waals surface area (Å²) >= 11 is 0. The number of nitrogens with one attached hydrogen (secondary N) is 2. The molecule has 1 saturated carbocycles. The first kappa shape index (κ1) is 20.2. The molecule has 2 N–H and O–H groups in total. The number of hydrogen-bond acceptors (Lipinski definition) is 6. The van der Waals surface area contributed by atoms with Crippen molar-refractivity contribution in [2.45, 2.75) is 32.0 Å². The number of nitrogens with zero attached hydrogens (tertiary/aromatic N) is 3. The third-order valence-electron chi connectivity index (χ3n) is 4.91. The Hall–Kier alpha value is -3.49. The second-order valence-corrected chi connectivity index (χ2v) is 6.80. The van der Waals surface area contributed by atoms with E-state index in [9.17, 15) is 14.4 Å². The molecule has 9 heteroatoms. The number of aromatic nitrogens is 3. The van der Waals surface area contributed by atoms with Crippen LogP contribution < -0.4 is 10.6 Å². The third kappa shape index (κ3) is 4.87. The van der Waals surface area contributed by atoms with Crippen molar-refractivity contribution in [3.8, 4) is 0 Å². The normalized spacial score (nSPS) is 17.7. The van der Waals surface area contributed by atoms with Gasteiger partial charge in [-0.05, 0) is 30.5 Å². The Kier molecular flexibility index (Phi) is 6.38. The number of hydrogen-bond donors (Lipinski definition) is 2. The van der Waals surface area contributed by atoms with Gasteiger partial charge in [-0.15, -0.1) is 5.10 Å². The zero-order valence-electron chi connectivity index (χ0n) is 16.1. The summed E-state index contributed by atoms with van der Waals surface area (Å²) in [5.41, 5.74) is 1.80. The molecule has 0 atom stereocenters. The van der Waals surface area contributed by atoms with Gasteiger partial charge in [0.1, 0.15) is 5.69 Å². The number of rotatable bonds is 8. The van der Waals surface area contributed by atoms with Crippen LogP contribution in [0.3, 0.4) is 0 Å². The minimum Gasteiger partial charge on any atom is -0.469 e. The Morgan fingerprint density at radius 3 is 2.72 bits per heavy atom. The molecule has 1 fully saturated rings. The predicted octanol–water partition coefficient (Wildman–Crippen LogP) is 1.13. The number of carbonyl (C=O) groups excluding carboxylic acids is 3. The van der Waals surface area contributed by atoms with E-state index in [-0.39, 0.29) is 42.8 Å². The molecule has 2 aromatic rings. The van der Waals surface area contributed by atoms with Gasteiger partial charge in [-0.3, -0.25) is 14.4 Å². The zero-order chi connectivity index (χ0) is 20.8. The largest absolute Gasteiger partial charge is 0.469 e. The molecule has 1 aromatic heterocycles. The van der Waals surface area contributed by atoms with Crippen LogP contribution in [0.2, 0.25) is 0 Å². The lowest BCUT2D eigenvalue weighted by Crippen LogP contribution is -2.33. The van der Waals surface area contributed by atoms with Gasteiger partial charge in [0, 0.05) is 12.1 Å². The Balaban J connectivity index is 1.54. The van der Waals surface area contributed by atoms with Crippen LogP contribution >= 0.6 is 0 Å². The van der Waals surface area contributed by atoms with Gasteiger partial charge in [-0.1, -0.05) is 30.0 Å². The van der Waals surface area contributed by atoms with Gasteiger partial charge >= 0.3 is 5.97 Å². The summed E-state index contributed by atoms with van der Waals surface area (Å²) in [6.45, 7) is 3.86. The van der Waals surface area contributed by atoms with Gasteiger partial charge in [0.05, 0.1) is 31.8 Å². The van der Waals surface area contributed by atoms with E-state index >= 15 is 0 Å². The number of methoxy groups -OCH3 is 1. The Labute approximate surface area is 168 Å². The highest BCUT2D eigenvalue weighted by Crippen LogP contribution is 2.37. The predicted molar refractivity (Wildman–Crippen MR) is 103 cm³/mol. The number of benzene rings is 1. The molecule has 0 saturated heterocycles. The maximum Gasteiger partial charge on any atom is 0.308 e. The molecule has 3 rings (SSSR count). The van der Waals surface area contributed by atoms with Crippen LogP contribution in [0.25, 0.3) is 0 Å². The molecule has 0 spiro atoms. The second kappa shape index (κ2) is 9.13. The van der Waals surface area contributed by atoms with E-state index in [1.807, 2.05) is 0 Å². The summed E-state index contributed by atoms with van der Waals surface area (Å²) < 4.78 is 6.46. The summed E-state index contributed by atoms with van der Waals surface area (Å²) in [6, 6.07) is 7.16. The van der Waals surface area contributed by atoms with Crippen LogP contribution in [0.15, 0.2) is 43.1 Å². The van der Waals surface area contributed by atoms with E-state index in [1.54, 1.807) is 35.1 Å². The fraction of sp³-hybridized carbons (Fsp3) is 0.350. The highest BCUT2D eigenvalue weighted by molar-refractivity contribution is 5.95. The number of ether oxygens (including phenoxy) is 1. The summed E-state index contributed by atoms with van der Waals surface area (Å²) in [5.74, 6) is -0.855. The van der Waals surface area contributed by atoms with Crippen molar-refractivity contribution in [1.82, 2.24) is 25.6 Å². The SMILES string of the molecule is C=CC(=O)NCc1ccccc1C(=O)NCc1cn(C2CC(C(=O)OC)C2)nn1. The van der Waals surface area contributed by atoms with Crippen LogP contribution in [0.4, 0.5) is 0 Å². The molecule has 0 bridgehead atoms. The van der Waals surface area contributed by atoms with Crippen LogP contribution in [0.1, 0.15) is 40.5 Å². The maximum atomic E-state index is 12.6.